The predicted molar refractivity (Wildman–Crippen MR) is 160 cm³/mol. The van der Waals surface area contributed by atoms with Crippen LogP contribution >= 0.6 is 0 Å². The van der Waals surface area contributed by atoms with Gasteiger partial charge in [0.05, 0.1) is 28.7 Å². The molecule has 5 aromatic rings. The van der Waals surface area contributed by atoms with E-state index in [0.717, 1.165) is 22.3 Å². The normalized spacial score (nSPS) is 11.2. The van der Waals surface area contributed by atoms with Crippen LogP contribution in [0.15, 0.2) is 144 Å². The summed E-state index contributed by atoms with van der Waals surface area (Å²) in [6.45, 7) is 1.98. The highest BCUT2D eigenvalue weighted by molar-refractivity contribution is 7.92. The lowest BCUT2D eigenvalue weighted by molar-refractivity contribution is 0.0943. The summed E-state index contributed by atoms with van der Waals surface area (Å²) >= 11 is 0. The second-order valence-electron chi connectivity index (χ2n) is 9.56. The first-order chi connectivity index (χ1) is 19.4. The van der Waals surface area contributed by atoms with Crippen LogP contribution in [0, 0.1) is 6.92 Å². The number of sulfonamides is 1. The van der Waals surface area contributed by atoms with Crippen molar-refractivity contribution in [2.75, 3.05) is 4.31 Å². The van der Waals surface area contributed by atoms with Crippen molar-refractivity contribution in [2.24, 2.45) is 0 Å². The van der Waals surface area contributed by atoms with Gasteiger partial charge in [0, 0.05) is 0 Å². The van der Waals surface area contributed by atoms with Crippen molar-refractivity contribution in [1.29, 1.82) is 0 Å². The zero-order valence-corrected chi connectivity index (χ0v) is 23.0. The number of nitrogens with one attached hydrogen (secondary N) is 1. The fraction of sp³-hybridized carbons (Fsp3) is 0.0882. The van der Waals surface area contributed by atoms with Crippen molar-refractivity contribution in [3.8, 4) is 0 Å². The number of amides is 1. The first-order valence-electron chi connectivity index (χ1n) is 13.1. The number of benzene rings is 5. The zero-order chi connectivity index (χ0) is 28.0. The third-order valence-corrected chi connectivity index (χ3v) is 8.51. The molecule has 0 fully saturated rings. The average Bonchev–Trinajstić information content (AvgIpc) is 3.00. The van der Waals surface area contributed by atoms with Gasteiger partial charge >= 0.3 is 0 Å². The van der Waals surface area contributed by atoms with E-state index in [2.05, 4.69) is 5.32 Å². The summed E-state index contributed by atoms with van der Waals surface area (Å²) in [5.74, 6) is -0.370. The Bertz CT molecular complexity index is 1630. The van der Waals surface area contributed by atoms with E-state index < -0.39 is 16.1 Å². The molecule has 0 aliphatic carbocycles. The molecule has 5 nitrogen and oxygen atoms in total. The van der Waals surface area contributed by atoms with E-state index in [-0.39, 0.29) is 22.9 Å². The van der Waals surface area contributed by atoms with E-state index in [1.165, 1.54) is 4.31 Å². The van der Waals surface area contributed by atoms with Crippen LogP contribution in [0.1, 0.15) is 38.7 Å². The molecule has 5 aromatic carbocycles. The fourth-order valence-electron chi connectivity index (χ4n) is 4.63. The molecule has 0 bridgehead atoms. The molecule has 6 heteroatoms. The van der Waals surface area contributed by atoms with Gasteiger partial charge in [0.25, 0.3) is 15.9 Å². The van der Waals surface area contributed by atoms with Crippen LogP contribution in [0.2, 0.25) is 0 Å². The molecule has 0 aliphatic rings. The van der Waals surface area contributed by atoms with Gasteiger partial charge in [0.2, 0.25) is 0 Å². The molecule has 0 unspecified atom stereocenters. The molecule has 40 heavy (non-hydrogen) atoms. The third kappa shape index (κ3) is 5.98. The number of hydrogen-bond acceptors (Lipinski definition) is 3. The van der Waals surface area contributed by atoms with Crippen molar-refractivity contribution < 1.29 is 13.2 Å². The SMILES string of the molecule is Cc1ccc(S(=O)(=O)N(Cc2ccccc2)c2ccccc2C(=O)NC(c2ccccc2)c2ccccc2)cc1. The zero-order valence-electron chi connectivity index (χ0n) is 22.1. The van der Waals surface area contributed by atoms with Gasteiger partial charge in [0.15, 0.2) is 0 Å². The van der Waals surface area contributed by atoms with E-state index in [4.69, 9.17) is 0 Å². The molecule has 0 heterocycles. The van der Waals surface area contributed by atoms with Crippen molar-refractivity contribution >= 4 is 21.6 Å². The first kappa shape index (κ1) is 26.9. The van der Waals surface area contributed by atoms with Gasteiger partial charge in [-0.1, -0.05) is 121 Å². The van der Waals surface area contributed by atoms with Crippen LogP contribution in [0.3, 0.4) is 0 Å². The van der Waals surface area contributed by atoms with E-state index in [0.29, 0.717) is 5.69 Å². The molecular formula is C34H30N2O3S. The van der Waals surface area contributed by atoms with Crippen LogP contribution in [0.25, 0.3) is 0 Å². The summed E-state index contributed by atoms with van der Waals surface area (Å²) in [4.78, 5) is 14.1. The standard InChI is InChI=1S/C34H30N2O3S/c1-26-21-23-30(24-22-26)40(38,39)36(25-27-13-5-2-6-14-27)32-20-12-11-19-31(32)34(37)35-33(28-15-7-3-8-16-28)29-17-9-4-10-18-29/h2-24,33H,25H2,1H3,(H,35,37). The Morgan fingerprint density at radius 1 is 0.675 bits per heavy atom. The number of rotatable bonds is 9. The number of carbonyl (C=O) groups excluding carboxylic acids is 1. The number of carbonyl (C=O) groups is 1. The quantitative estimate of drug-likeness (QED) is 0.218. The van der Waals surface area contributed by atoms with Gasteiger partial charge in [-0.3, -0.25) is 9.10 Å². The summed E-state index contributed by atoms with van der Waals surface area (Å²) in [7, 11) is -4.00. The number of hydrogen-bond donors (Lipinski definition) is 1. The third-order valence-electron chi connectivity index (χ3n) is 6.74. The summed E-state index contributed by atoms with van der Waals surface area (Å²) in [6.07, 6.45) is 0. The van der Waals surface area contributed by atoms with Gasteiger partial charge in [-0.15, -0.1) is 0 Å². The molecule has 0 saturated carbocycles. The maximum absolute atomic E-state index is 14.1. The summed E-state index contributed by atoms with van der Waals surface area (Å²) < 4.78 is 29.5. The Balaban J connectivity index is 1.57. The molecule has 0 aliphatic heterocycles. The van der Waals surface area contributed by atoms with Gasteiger partial charge in [-0.2, -0.15) is 0 Å². The maximum atomic E-state index is 14.1. The topological polar surface area (TPSA) is 66.5 Å². The summed E-state index contributed by atoms with van der Waals surface area (Å²) in [5, 5.41) is 3.16. The molecule has 0 spiro atoms. The predicted octanol–water partition coefficient (Wildman–Crippen LogP) is 6.91. The van der Waals surface area contributed by atoms with Crippen molar-refractivity contribution in [2.45, 2.75) is 24.4 Å². The highest BCUT2D eigenvalue weighted by Crippen LogP contribution is 2.31. The molecule has 0 aromatic heterocycles. The van der Waals surface area contributed by atoms with Crippen LogP contribution in [-0.4, -0.2) is 14.3 Å². The van der Waals surface area contributed by atoms with Crippen molar-refractivity contribution in [3.05, 3.63) is 167 Å². The smallest absolute Gasteiger partial charge is 0.264 e. The van der Waals surface area contributed by atoms with Crippen LogP contribution < -0.4 is 9.62 Å². The van der Waals surface area contributed by atoms with Gasteiger partial charge in [-0.25, -0.2) is 8.42 Å². The second kappa shape index (κ2) is 12.0. The van der Waals surface area contributed by atoms with Gasteiger partial charge < -0.3 is 5.32 Å². The van der Waals surface area contributed by atoms with Crippen molar-refractivity contribution in [1.82, 2.24) is 5.32 Å². The average molecular weight is 547 g/mol. The number of para-hydroxylation sites is 1. The monoisotopic (exact) mass is 546 g/mol. The fourth-order valence-corrected chi connectivity index (χ4v) is 6.10. The van der Waals surface area contributed by atoms with Crippen LogP contribution in [0.4, 0.5) is 5.69 Å². The Morgan fingerprint density at radius 3 is 1.75 bits per heavy atom. The lowest BCUT2D eigenvalue weighted by atomic mass is 9.98. The van der Waals surface area contributed by atoms with Crippen LogP contribution in [-0.2, 0) is 16.6 Å². The minimum atomic E-state index is -4.00. The Hall–Kier alpha value is -4.68. The van der Waals surface area contributed by atoms with Gasteiger partial charge in [-0.05, 0) is 47.9 Å². The van der Waals surface area contributed by atoms with Crippen LogP contribution in [0.5, 0.6) is 0 Å². The lowest BCUT2D eigenvalue weighted by Gasteiger charge is -2.27. The summed E-state index contributed by atoms with van der Waals surface area (Å²) in [6, 6.07) is 42.0. The van der Waals surface area contributed by atoms with E-state index in [1.807, 2.05) is 97.9 Å². The number of nitrogens with zero attached hydrogens (tertiary/aromatic N) is 1. The minimum absolute atomic E-state index is 0.0716. The van der Waals surface area contributed by atoms with E-state index >= 15 is 0 Å². The number of aryl methyl sites for hydroxylation is 1. The molecule has 0 atom stereocenters. The minimum Gasteiger partial charge on any atom is -0.341 e. The highest BCUT2D eigenvalue weighted by Gasteiger charge is 2.29. The first-order valence-corrected chi connectivity index (χ1v) is 14.5. The molecule has 1 amide bonds. The molecule has 200 valence electrons. The molecule has 1 N–H and O–H groups in total. The van der Waals surface area contributed by atoms with E-state index in [9.17, 15) is 13.2 Å². The maximum Gasteiger partial charge on any atom is 0.264 e. The Kier molecular flexibility index (Phi) is 8.08. The van der Waals surface area contributed by atoms with Gasteiger partial charge in [0.1, 0.15) is 0 Å². The molecular weight excluding hydrogens is 516 g/mol. The second-order valence-corrected chi connectivity index (χ2v) is 11.4. The molecule has 0 radical (unpaired) electrons. The molecule has 0 saturated heterocycles. The largest absolute Gasteiger partial charge is 0.341 e. The van der Waals surface area contributed by atoms with E-state index in [1.54, 1.807) is 48.5 Å². The molecule has 5 rings (SSSR count). The van der Waals surface area contributed by atoms with Crippen molar-refractivity contribution in [3.63, 3.8) is 0 Å². The number of anilines is 1. The Labute approximate surface area is 235 Å². The lowest BCUT2D eigenvalue weighted by Crippen LogP contribution is -2.34. The highest BCUT2D eigenvalue weighted by atomic mass is 32.2. The summed E-state index contributed by atoms with van der Waals surface area (Å²) in [5.41, 5.74) is 4.19. The Morgan fingerprint density at radius 2 is 1.18 bits per heavy atom.